The van der Waals surface area contributed by atoms with Gasteiger partial charge >= 0.3 is 0 Å². The van der Waals surface area contributed by atoms with Crippen LogP contribution < -0.4 is 11.1 Å². The molecule has 0 aromatic heterocycles. The van der Waals surface area contributed by atoms with Crippen LogP contribution in [0.25, 0.3) is 0 Å². The Morgan fingerprint density at radius 1 is 1.50 bits per heavy atom. The SMILES string of the molecule is CSC[C@H](C)C(=O)Nc1cccc(Cl)c1C(N)=O. The molecule has 0 unspecified atom stereocenters. The molecule has 0 fully saturated rings. The molecule has 98 valence electrons. The third kappa shape index (κ3) is 3.65. The van der Waals surface area contributed by atoms with Crippen molar-refractivity contribution in [3.8, 4) is 0 Å². The molecule has 0 saturated carbocycles. The third-order valence-corrected chi connectivity index (χ3v) is 3.53. The second-order valence-electron chi connectivity index (χ2n) is 3.87. The lowest BCUT2D eigenvalue weighted by Gasteiger charge is -2.13. The number of anilines is 1. The molecule has 18 heavy (non-hydrogen) atoms. The van der Waals surface area contributed by atoms with Gasteiger partial charge in [-0.05, 0) is 18.4 Å². The van der Waals surface area contributed by atoms with Crippen molar-refractivity contribution in [2.45, 2.75) is 6.92 Å². The van der Waals surface area contributed by atoms with Gasteiger partial charge in [-0.25, -0.2) is 0 Å². The smallest absolute Gasteiger partial charge is 0.252 e. The van der Waals surface area contributed by atoms with Crippen molar-refractivity contribution in [1.82, 2.24) is 0 Å². The van der Waals surface area contributed by atoms with Gasteiger partial charge in [-0.3, -0.25) is 9.59 Å². The van der Waals surface area contributed by atoms with Gasteiger partial charge in [0.25, 0.3) is 5.91 Å². The van der Waals surface area contributed by atoms with E-state index in [4.69, 9.17) is 17.3 Å². The highest BCUT2D eigenvalue weighted by Crippen LogP contribution is 2.24. The zero-order valence-corrected chi connectivity index (χ0v) is 11.8. The van der Waals surface area contributed by atoms with Crippen molar-refractivity contribution < 1.29 is 9.59 Å². The summed E-state index contributed by atoms with van der Waals surface area (Å²) >= 11 is 7.48. The molecular formula is C12H15ClN2O2S. The Morgan fingerprint density at radius 3 is 2.72 bits per heavy atom. The quantitative estimate of drug-likeness (QED) is 0.873. The van der Waals surface area contributed by atoms with E-state index in [1.807, 2.05) is 13.2 Å². The van der Waals surface area contributed by atoms with Gasteiger partial charge in [-0.2, -0.15) is 11.8 Å². The van der Waals surface area contributed by atoms with Gasteiger partial charge in [0.2, 0.25) is 5.91 Å². The number of halogens is 1. The van der Waals surface area contributed by atoms with E-state index in [0.717, 1.165) is 0 Å². The van der Waals surface area contributed by atoms with E-state index >= 15 is 0 Å². The predicted octanol–water partition coefficient (Wildman–Crippen LogP) is 2.38. The number of nitrogens with two attached hydrogens (primary N) is 1. The molecule has 0 bridgehead atoms. The molecule has 4 nitrogen and oxygen atoms in total. The Labute approximate surface area is 115 Å². The highest BCUT2D eigenvalue weighted by Gasteiger charge is 2.17. The largest absolute Gasteiger partial charge is 0.365 e. The van der Waals surface area contributed by atoms with Crippen molar-refractivity contribution in [3.63, 3.8) is 0 Å². The first kappa shape index (κ1) is 14.9. The highest BCUT2D eigenvalue weighted by atomic mass is 35.5. The Hall–Kier alpha value is -1.20. The summed E-state index contributed by atoms with van der Waals surface area (Å²) in [6.45, 7) is 1.82. The maximum atomic E-state index is 11.9. The lowest BCUT2D eigenvalue weighted by Crippen LogP contribution is -2.24. The van der Waals surface area contributed by atoms with Crippen LogP contribution in [0.4, 0.5) is 5.69 Å². The van der Waals surface area contributed by atoms with Crippen LogP contribution >= 0.6 is 23.4 Å². The Morgan fingerprint density at radius 2 is 2.17 bits per heavy atom. The van der Waals surface area contributed by atoms with Gasteiger partial charge in [0, 0.05) is 11.7 Å². The molecule has 1 aromatic carbocycles. The van der Waals surface area contributed by atoms with Gasteiger partial charge in [-0.1, -0.05) is 24.6 Å². The molecule has 6 heteroatoms. The van der Waals surface area contributed by atoms with Crippen LogP contribution in [-0.4, -0.2) is 23.8 Å². The minimum Gasteiger partial charge on any atom is -0.365 e. The van der Waals surface area contributed by atoms with E-state index in [0.29, 0.717) is 11.4 Å². The number of nitrogens with one attached hydrogen (secondary N) is 1. The molecule has 0 saturated heterocycles. The highest BCUT2D eigenvalue weighted by molar-refractivity contribution is 7.98. The summed E-state index contributed by atoms with van der Waals surface area (Å²) in [6, 6.07) is 4.82. The number of hydrogen-bond donors (Lipinski definition) is 2. The van der Waals surface area contributed by atoms with Crippen LogP contribution in [0, 0.1) is 5.92 Å². The topological polar surface area (TPSA) is 72.2 Å². The summed E-state index contributed by atoms with van der Waals surface area (Å²) < 4.78 is 0. The molecule has 1 rings (SSSR count). The molecule has 3 N–H and O–H groups in total. The van der Waals surface area contributed by atoms with E-state index < -0.39 is 5.91 Å². The van der Waals surface area contributed by atoms with Crippen molar-refractivity contribution >= 4 is 40.9 Å². The Kier molecular flexibility index (Phi) is 5.50. The van der Waals surface area contributed by atoms with Crippen LogP contribution in [0.15, 0.2) is 18.2 Å². The average Bonchev–Trinajstić information content (AvgIpc) is 2.28. The summed E-state index contributed by atoms with van der Waals surface area (Å²) in [7, 11) is 0. The average molecular weight is 287 g/mol. The van der Waals surface area contributed by atoms with E-state index in [1.165, 1.54) is 0 Å². The maximum absolute atomic E-state index is 11.9. The molecular weight excluding hydrogens is 272 g/mol. The summed E-state index contributed by atoms with van der Waals surface area (Å²) in [5.74, 6) is -0.263. The number of rotatable bonds is 5. The number of benzene rings is 1. The third-order valence-electron chi connectivity index (χ3n) is 2.38. The Bertz CT molecular complexity index is 465. The van der Waals surface area contributed by atoms with E-state index in [9.17, 15) is 9.59 Å². The Balaban J connectivity index is 2.94. The molecule has 0 aliphatic carbocycles. The van der Waals surface area contributed by atoms with E-state index in [1.54, 1.807) is 30.0 Å². The number of hydrogen-bond acceptors (Lipinski definition) is 3. The van der Waals surface area contributed by atoms with Crippen molar-refractivity contribution in [1.29, 1.82) is 0 Å². The monoisotopic (exact) mass is 286 g/mol. The first-order valence-corrected chi connectivity index (χ1v) is 7.12. The summed E-state index contributed by atoms with van der Waals surface area (Å²) in [4.78, 5) is 23.2. The van der Waals surface area contributed by atoms with Crippen LogP contribution in [0.1, 0.15) is 17.3 Å². The second kappa shape index (κ2) is 6.66. The van der Waals surface area contributed by atoms with Crippen molar-refractivity contribution in [3.05, 3.63) is 28.8 Å². The molecule has 0 aliphatic heterocycles. The second-order valence-corrected chi connectivity index (χ2v) is 5.19. The van der Waals surface area contributed by atoms with Gasteiger partial charge in [0.1, 0.15) is 0 Å². The standard InChI is InChI=1S/C12H15ClN2O2S/c1-7(6-18-2)12(17)15-9-5-3-4-8(13)10(9)11(14)16/h3-5,7H,6H2,1-2H3,(H2,14,16)(H,15,17)/t7-/m0/s1. The van der Waals surface area contributed by atoms with Crippen molar-refractivity contribution in [2.75, 3.05) is 17.3 Å². The number of amides is 2. The normalized spacial score (nSPS) is 11.9. The predicted molar refractivity (Wildman–Crippen MR) is 76.1 cm³/mol. The fourth-order valence-corrected chi connectivity index (χ4v) is 2.38. The molecule has 1 aromatic rings. The van der Waals surface area contributed by atoms with E-state index in [-0.39, 0.29) is 22.4 Å². The van der Waals surface area contributed by atoms with Crippen LogP contribution in [0.5, 0.6) is 0 Å². The molecule has 2 amide bonds. The first-order valence-electron chi connectivity index (χ1n) is 5.35. The molecule has 1 atom stereocenters. The molecule has 0 heterocycles. The first-order chi connectivity index (χ1) is 8.47. The molecule has 0 radical (unpaired) electrons. The number of carbonyl (C=O) groups is 2. The van der Waals surface area contributed by atoms with Crippen LogP contribution in [0.3, 0.4) is 0 Å². The van der Waals surface area contributed by atoms with E-state index in [2.05, 4.69) is 5.32 Å². The summed E-state index contributed by atoms with van der Waals surface area (Å²) in [5.41, 5.74) is 5.74. The lowest BCUT2D eigenvalue weighted by atomic mass is 10.1. The summed E-state index contributed by atoms with van der Waals surface area (Å²) in [6.07, 6.45) is 1.93. The van der Waals surface area contributed by atoms with Gasteiger partial charge in [-0.15, -0.1) is 0 Å². The van der Waals surface area contributed by atoms with Crippen LogP contribution in [0.2, 0.25) is 5.02 Å². The lowest BCUT2D eigenvalue weighted by molar-refractivity contribution is -0.118. The maximum Gasteiger partial charge on any atom is 0.252 e. The van der Waals surface area contributed by atoms with Crippen LogP contribution in [-0.2, 0) is 4.79 Å². The number of carbonyl (C=O) groups excluding carboxylic acids is 2. The molecule has 0 aliphatic rings. The van der Waals surface area contributed by atoms with Crippen molar-refractivity contribution in [2.24, 2.45) is 11.7 Å². The number of primary amides is 1. The zero-order valence-electron chi connectivity index (χ0n) is 10.2. The minimum absolute atomic E-state index is 0.142. The molecule has 0 spiro atoms. The summed E-state index contributed by atoms with van der Waals surface area (Å²) in [5, 5.41) is 2.91. The van der Waals surface area contributed by atoms with Gasteiger partial charge < -0.3 is 11.1 Å². The zero-order chi connectivity index (χ0) is 13.7. The minimum atomic E-state index is -0.659. The van der Waals surface area contributed by atoms with Gasteiger partial charge in [0.05, 0.1) is 16.3 Å². The van der Waals surface area contributed by atoms with Gasteiger partial charge in [0.15, 0.2) is 0 Å². The fraction of sp³-hybridized carbons (Fsp3) is 0.333. The number of thioether (sulfide) groups is 1. The fourth-order valence-electron chi connectivity index (χ4n) is 1.46.